The van der Waals surface area contributed by atoms with E-state index in [1.165, 1.54) is 0 Å². The van der Waals surface area contributed by atoms with Gasteiger partial charge in [-0.25, -0.2) is 0 Å². The maximum atomic E-state index is 5.08. The zero-order valence-corrected chi connectivity index (χ0v) is 18.8. The van der Waals surface area contributed by atoms with Gasteiger partial charge in [-0.2, -0.15) is 19.6 Å². The first-order valence-corrected chi connectivity index (χ1v) is 8.91. The molecule has 0 saturated carbocycles. The molecule has 0 N–H and O–H groups in total. The van der Waals surface area contributed by atoms with Gasteiger partial charge in [0.05, 0.1) is 0 Å². The SMILES string of the molecule is [Na+].[S-]c1cc2ccccc2cc1[S-].[S-]c1cc2ccccc2cc1[S-]. The van der Waals surface area contributed by atoms with E-state index in [-0.39, 0.29) is 29.6 Å². The molecule has 4 aromatic rings. The Morgan fingerprint density at radius 3 is 0.800 bits per heavy atom. The molecule has 25 heavy (non-hydrogen) atoms. The standard InChI is InChI=1S/2C10H8S2.Na/c2*11-9-5-7-3-1-2-4-8(7)6-10(9)12;/h2*1-6,11-12H;/q;;+1/p-4. The molecule has 0 radical (unpaired) electrons. The van der Waals surface area contributed by atoms with Crippen LogP contribution in [0.15, 0.2) is 92.4 Å². The number of fused-ring (bicyclic) bond motifs is 2. The van der Waals surface area contributed by atoms with Gasteiger partial charge >= 0.3 is 29.6 Å². The second kappa shape index (κ2) is 9.28. The van der Waals surface area contributed by atoms with E-state index < -0.39 is 0 Å². The Bertz CT molecular complexity index is 851. The molecule has 0 amide bonds. The van der Waals surface area contributed by atoms with Crippen molar-refractivity contribution in [3.8, 4) is 0 Å². The van der Waals surface area contributed by atoms with Gasteiger partial charge in [-0.1, -0.05) is 72.8 Å². The van der Waals surface area contributed by atoms with E-state index >= 15 is 0 Å². The molecule has 0 atom stereocenters. The second-order valence-electron chi connectivity index (χ2n) is 5.29. The molecule has 0 unspecified atom stereocenters. The zero-order chi connectivity index (χ0) is 17.1. The molecular formula is C20H12NaS4-3. The van der Waals surface area contributed by atoms with Crippen LogP contribution < -0.4 is 29.6 Å². The summed E-state index contributed by atoms with van der Waals surface area (Å²) in [4.78, 5) is 3.07. The predicted octanol–water partition coefficient (Wildman–Crippen LogP) is 2.31. The molecule has 0 nitrogen and oxygen atoms in total. The van der Waals surface area contributed by atoms with E-state index in [4.69, 9.17) is 50.5 Å². The maximum Gasteiger partial charge on any atom is 1.00 e. The molecule has 0 aliphatic carbocycles. The van der Waals surface area contributed by atoms with Gasteiger partial charge in [0.15, 0.2) is 0 Å². The summed E-state index contributed by atoms with van der Waals surface area (Å²) in [6, 6.07) is 24.0. The van der Waals surface area contributed by atoms with Gasteiger partial charge in [0.2, 0.25) is 0 Å². The molecule has 0 spiro atoms. The Morgan fingerprint density at radius 2 is 0.600 bits per heavy atom. The third-order valence-electron chi connectivity index (χ3n) is 3.62. The number of hydrogen-bond acceptors (Lipinski definition) is 4. The van der Waals surface area contributed by atoms with E-state index in [2.05, 4.69) is 0 Å². The average molecular weight is 404 g/mol. The zero-order valence-electron chi connectivity index (χ0n) is 13.6. The first-order chi connectivity index (χ1) is 11.5. The summed E-state index contributed by atoms with van der Waals surface area (Å²) in [7, 11) is 0. The van der Waals surface area contributed by atoms with Crippen molar-refractivity contribution in [1.29, 1.82) is 0 Å². The molecule has 0 saturated heterocycles. The summed E-state index contributed by atoms with van der Waals surface area (Å²) < 4.78 is 0. The first kappa shape index (κ1) is 20.6. The normalized spacial score (nSPS) is 9.92. The van der Waals surface area contributed by atoms with E-state index in [1.54, 1.807) is 0 Å². The molecule has 0 fully saturated rings. The third kappa shape index (κ3) is 5.14. The van der Waals surface area contributed by atoms with Gasteiger partial charge in [-0.15, -0.1) is 0 Å². The summed E-state index contributed by atoms with van der Waals surface area (Å²) in [5.41, 5.74) is 0. The van der Waals surface area contributed by atoms with Crippen molar-refractivity contribution in [3.05, 3.63) is 72.8 Å². The summed E-state index contributed by atoms with van der Waals surface area (Å²) >= 11 is 20.3. The summed E-state index contributed by atoms with van der Waals surface area (Å²) in [6.45, 7) is 0. The molecule has 4 aromatic carbocycles. The summed E-state index contributed by atoms with van der Waals surface area (Å²) in [5, 5.41) is 4.65. The summed E-state index contributed by atoms with van der Waals surface area (Å²) in [5.74, 6) is 0. The van der Waals surface area contributed by atoms with Crippen LogP contribution >= 0.6 is 0 Å². The number of benzene rings is 4. The predicted molar refractivity (Wildman–Crippen MR) is 110 cm³/mol. The fourth-order valence-electron chi connectivity index (χ4n) is 2.40. The minimum absolute atomic E-state index is 0. The van der Waals surface area contributed by atoms with Crippen molar-refractivity contribution >= 4 is 72.1 Å². The average Bonchev–Trinajstić information content (AvgIpc) is 2.57. The van der Waals surface area contributed by atoms with Crippen molar-refractivity contribution in [2.45, 2.75) is 19.6 Å². The Morgan fingerprint density at radius 1 is 0.400 bits per heavy atom. The minimum atomic E-state index is 0. The Kier molecular flexibility index (Phi) is 7.65. The molecule has 0 aliphatic rings. The topological polar surface area (TPSA) is 0 Å². The first-order valence-electron chi connectivity index (χ1n) is 7.28. The summed E-state index contributed by atoms with van der Waals surface area (Å²) in [6.07, 6.45) is 0. The van der Waals surface area contributed by atoms with E-state index in [0.29, 0.717) is 0 Å². The second-order valence-corrected chi connectivity index (χ2v) is 7.05. The van der Waals surface area contributed by atoms with Gasteiger partial charge in [-0.05, 0) is 21.5 Å². The van der Waals surface area contributed by atoms with Crippen LogP contribution in [0.5, 0.6) is 0 Å². The largest absolute Gasteiger partial charge is 1.00 e. The molecular weight excluding hydrogens is 391 g/mol. The Labute approximate surface area is 192 Å². The number of hydrogen-bond donors (Lipinski definition) is 0. The quantitative estimate of drug-likeness (QED) is 0.326. The van der Waals surface area contributed by atoms with E-state index in [1.807, 2.05) is 72.8 Å². The van der Waals surface area contributed by atoms with Gasteiger partial charge in [0.1, 0.15) is 0 Å². The molecule has 0 heterocycles. The van der Waals surface area contributed by atoms with Gasteiger partial charge in [0, 0.05) is 0 Å². The van der Waals surface area contributed by atoms with E-state index in [9.17, 15) is 0 Å². The van der Waals surface area contributed by atoms with Crippen LogP contribution in [0.3, 0.4) is 0 Å². The number of rotatable bonds is 0. The van der Waals surface area contributed by atoms with Crippen molar-refractivity contribution < 1.29 is 29.6 Å². The monoisotopic (exact) mass is 403 g/mol. The fourth-order valence-corrected chi connectivity index (χ4v) is 3.14. The van der Waals surface area contributed by atoms with Gasteiger partial charge in [0.25, 0.3) is 0 Å². The van der Waals surface area contributed by atoms with Crippen LogP contribution in [0.1, 0.15) is 0 Å². The van der Waals surface area contributed by atoms with Gasteiger partial charge in [-0.3, -0.25) is 0 Å². The van der Waals surface area contributed by atoms with Crippen LogP contribution in [0.2, 0.25) is 0 Å². The van der Waals surface area contributed by atoms with Crippen molar-refractivity contribution in [3.63, 3.8) is 0 Å². The minimum Gasteiger partial charge on any atom is -0.781 e. The van der Waals surface area contributed by atoms with Crippen molar-refractivity contribution in [2.75, 3.05) is 0 Å². The van der Waals surface area contributed by atoms with Crippen LogP contribution in [-0.4, -0.2) is 0 Å². The Hall–Kier alpha value is -0.720. The van der Waals surface area contributed by atoms with Gasteiger partial charge < -0.3 is 50.5 Å². The van der Waals surface area contributed by atoms with E-state index in [0.717, 1.165) is 41.1 Å². The third-order valence-corrected chi connectivity index (χ3v) is 5.23. The molecule has 0 bridgehead atoms. The fraction of sp³-hybridized carbons (Fsp3) is 0. The Balaban J connectivity index is 0.000000173. The maximum absolute atomic E-state index is 5.08. The molecule has 4 rings (SSSR count). The molecule has 120 valence electrons. The van der Waals surface area contributed by atoms with Crippen LogP contribution in [-0.2, 0) is 50.5 Å². The molecule has 0 aliphatic heterocycles. The van der Waals surface area contributed by atoms with Crippen molar-refractivity contribution in [2.24, 2.45) is 0 Å². The van der Waals surface area contributed by atoms with Crippen LogP contribution in [0, 0.1) is 0 Å². The molecule has 5 heteroatoms. The van der Waals surface area contributed by atoms with Crippen molar-refractivity contribution in [1.82, 2.24) is 0 Å². The van der Waals surface area contributed by atoms with Crippen LogP contribution in [0.25, 0.3) is 21.5 Å². The van der Waals surface area contributed by atoms with Crippen LogP contribution in [0.4, 0.5) is 0 Å². The molecule has 0 aromatic heterocycles. The smallest absolute Gasteiger partial charge is 0.781 e.